The normalized spacial score (nSPS) is 11.5. The molecule has 0 saturated heterocycles. The van der Waals surface area contributed by atoms with Crippen LogP contribution in [0.5, 0.6) is 0 Å². The van der Waals surface area contributed by atoms with Crippen LogP contribution in [0.1, 0.15) is 33.6 Å². The van der Waals surface area contributed by atoms with Crippen molar-refractivity contribution in [1.82, 2.24) is 35.5 Å². The summed E-state index contributed by atoms with van der Waals surface area (Å²) in [5, 5.41) is 6.11. The predicted octanol–water partition coefficient (Wildman–Crippen LogP) is 4.88. The van der Waals surface area contributed by atoms with Gasteiger partial charge in [0.25, 0.3) is 11.8 Å². The van der Waals surface area contributed by atoms with Crippen LogP contribution in [0.2, 0.25) is 0 Å². The van der Waals surface area contributed by atoms with E-state index >= 15 is 0 Å². The van der Waals surface area contributed by atoms with Gasteiger partial charge in [-0.2, -0.15) is 0 Å². The lowest BCUT2D eigenvalue weighted by Gasteiger charge is -2.17. The Morgan fingerprint density at radius 1 is 0.521 bits per heavy atom. The van der Waals surface area contributed by atoms with Crippen LogP contribution >= 0.6 is 0 Å². The lowest BCUT2D eigenvalue weighted by molar-refractivity contribution is 0.0947. The van der Waals surface area contributed by atoms with Crippen molar-refractivity contribution in [1.29, 1.82) is 0 Å². The molecule has 0 aliphatic rings. The van der Waals surface area contributed by atoms with Gasteiger partial charge in [-0.15, -0.1) is 0 Å². The number of aromatic nitrogens is 4. The van der Waals surface area contributed by atoms with Crippen molar-refractivity contribution in [3.05, 3.63) is 83.9 Å². The molecule has 2 amide bonds. The summed E-state index contributed by atoms with van der Waals surface area (Å²) in [4.78, 5) is 51.9. The Morgan fingerprint density at radius 2 is 0.896 bits per heavy atom. The summed E-state index contributed by atoms with van der Waals surface area (Å²) in [6.07, 6.45) is 1.58. The van der Waals surface area contributed by atoms with Crippen molar-refractivity contribution < 1.29 is 9.59 Å². The number of para-hydroxylation sites is 4. The monoisotopic (exact) mass is 643 g/mol. The molecule has 0 atom stereocenters. The maximum atomic E-state index is 13.2. The summed E-state index contributed by atoms with van der Waals surface area (Å²) in [5.74, 6) is -0.322. The van der Waals surface area contributed by atoms with Gasteiger partial charge in [0, 0.05) is 41.3 Å². The Labute approximate surface area is 280 Å². The Bertz CT molecular complexity index is 1980. The van der Waals surface area contributed by atoms with Crippen LogP contribution in [-0.4, -0.2) is 98.1 Å². The first-order chi connectivity index (χ1) is 23.2. The number of benzene rings is 4. The summed E-state index contributed by atoms with van der Waals surface area (Å²) in [6, 6.07) is 22.9. The topological polar surface area (TPSA) is 119 Å². The molecule has 11 heteroatoms. The predicted molar refractivity (Wildman–Crippen MR) is 194 cm³/mol. The van der Waals surface area contributed by atoms with E-state index in [2.05, 4.69) is 15.5 Å². The summed E-state index contributed by atoms with van der Waals surface area (Å²) < 4.78 is 0. The largest absolute Gasteiger partial charge is 0.376 e. The maximum absolute atomic E-state index is 13.2. The fourth-order valence-corrected chi connectivity index (χ4v) is 5.90. The van der Waals surface area contributed by atoms with E-state index in [4.69, 9.17) is 19.9 Å². The van der Waals surface area contributed by atoms with E-state index in [9.17, 15) is 9.59 Å². The summed E-state index contributed by atoms with van der Waals surface area (Å²) >= 11 is 0. The number of amides is 2. The minimum Gasteiger partial charge on any atom is -0.376 e. The molecule has 48 heavy (non-hydrogen) atoms. The van der Waals surface area contributed by atoms with E-state index in [1.54, 1.807) is 12.1 Å². The van der Waals surface area contributed by atoms with E-state index in [-0.39, 0.29) is 11.8 Å². The van der Waals surface area contributed by atoms with Gasteiger partial charge in [0.15, 0.2) is 0 Å². The highest BCUT2D eigenvalue weighted by Gasteiger charge is 2.16. The number of rotatable bonds is 12. The van der Waals surface area contributed by atoms with Crippen LogP contribution in [0.3, 0.4) is 0 Å². The molecule has 0 aliphatic carbocycles. The molecule has 0 fully saturated rings. The summed E-state index contributed by atoms with van der Waals surface area (Å²) in [7, 11) is 9.92. The molecule has 0 radical (unpaired) electrons. The Morgan fingerprint density at radius 3 is 1.29 bits per heavy atom. The van der Waals surface area contributed by atoms with Gasteiger partial charge >= 0.3 is 0 Å². The quantitative estimate of drug-likeness (QED) is 0.142. The highest BCUT2D eigenvalue weighted by atomic mass is 16.2. The van der Waals surface area contributed by atoms with Gasteiger partial charge < -0.3 is 25.3 Å². The first-order valence-corrected chi connectivity index (χ1v) is 16.2. The number of nitrogens with zero attached hydrogens (tertiary/aromatic N) is 7. The van der Waals surface area contributed by atoms with Gasteiger partial charge in [0.1, 0.15) is 22.1 Å². The van der Waals surface area contributed by atoms with E-state index in [1.807, 2.05) is 106 Å². The molecule has 6 rings (SSSR count). The van der Waals surface area contributed by atoms with Gasteiger partial charge in [-0.3, -0.25) is 9.59 Å². The minimum absolute atomic E-state index is 0.161. The zero-order chi connectivity index (χ0) is 33.8. The molecule has 246 valence electrons. The summed E-state index contributed by atoms with van der Waals surface area (Å²) in [6.45, 7) is 2.68. The zero-order valence-electron chi connectivity index (χ0n) is 28.1. The van der Waals surface area contributed by atoms with Crippen LogP contribution in [-0.2, 0) is 0 Å². The van der Waals surface area contributed by atoms with Crippen LogP contribution < -0.4 is 20.4 Å². The Kier molecular flexibility index (Phi) is 9.58. The third-order valence-electron chi connectivity index (χ3n) is 8.40. The highest BCUT2D eigenvalue weighted by molar-refractivity contribution is 6.08. The third kappa shape index (κ3) is 6.82. The van der Waals surface area contributed by atoms with E-state index in [1.165, 1.54) is 0 Å². The smallest absolute Gasteiger partial charge is 0.253 e. The van der Waals surface area contributed by atoms with Crippen LogP contribution in [0, 0.1) is 0 Å². The third-order valence-corrected chi connectivity index (χ3v) is 8.40. The van der Waals surface area contributed by atoms with Crippen molar-refractivity contribution in [2.45, 2.75) is 12.8 Å². The van der Waals surface area contributed by atoms with Crippen LogP contribution in [0.25, 0.3) is 44.1 Å². The minimum atomic E-state index is -0.161. The summed E-state index contributed by atoms with van der Waals surface area (Å²) in [5.41, 5.74) is 8.65. The van der Waals surface area contributed by atoms with Gasteiger partial charge in [-0.1, -0.05) is 24.3 Å². The number of fused-ring (bicyclic) bond motifs is 4. The molecule has 2 N–H and O–H groups in total. The van der Waals surface area contributed by atoms with Crippen molar-refractivity contribution in [2.75, 3.05) is 71.2 Å². The lowest BCUT2D eigenvalue weighted by Crippen LogP contribution is -2.31. The number of hydrogen-bond acceptors (Lipinski definition) is 9. The van der Waals surface area contributed by atoms with E-state index in [0.717, 1.165) is 59.4 Å². The van der Waals surface area contributed by atoms with Crippen LogP contribution in [0.4, 0.5) is 11.4 Å². The highest BCUT2D eigenvalue weighted by Crippen LogP contribution is 2.27. The number of hydrogen-bond donors (Lipinski definition) is 2. The van der Waals surface area contributed by atoms with E-state index in [0.29, 0.717) is 46.3 Å². The number of nitrogens with one attached hydrogen (secondary N) is 2. The van der Waals surface area contributed by atoms with Gasteiger partial charge in [0.2, 0.25) is 0 Å². The molecule has 2 aromatic heterocycles. The first kappa shape index (κ1) is 32.5. The second kappa shape index (κ2) is 14.1. The molecule has 0 bridgehead atoms. The molecular formula is C37H41N9O2. The molecule has 0 unspecified atom stereocenters. The van der Waals surface area contributed by atoms with E-state index < -0.39 is 0 Å². The van der Waals surface area contributed by atoms with Gasteiger partial charge in [-0.25, -0.2) is 19.9 Å². The molecule has 6 aromatic rings. The molecule has 11 nitrogen and oxygen atoms in total. The molecule has 0 saturated carbocycles. The van der Waals surface area contributed by atoms with Gasteiger partial charge in [-0.05, 0) is 81.5 Å². The van der Waals surface area contributed by atoms with Crippen LogP contribution in [0.15, 0.2) is 72.8 Å². The Balaban J connectivity index is 0.992. The average Bonchev–Trinajstić information content (AvgIpc) is 3.08. The molecule has 0 spiro atoms. The first-order valence-electron chi connectivity index (χ1n) is 16.2. The number of anilines is 2. The van der Waals surface area contributed by atoms with Crippen molar-refractivity contribution in [2.24, 2.45) is 0 Å². The fourth-order valence-electron chi connectivity index (χ4n) is 5.90. The molecule has 2 heterocycles. The molecule has 4 aromatic carbocycles. The SMILES string of the molecule is CN(CCCNC(=O)c1cccc2nc3cccc(N(C)C)c3nc12)CCCNC(=O)c1cccc2nc3cccc(N(C)C)c3nc12. The van der Waals surface area contributed by atoms with Crippen molar-refractivity contribution in [3.63, 3.8) is 0 Å². The number of carbonyl (C=O) groups excluding carboxylic acids is 2. The zero-order valence-corrected chi connectivity index (χ0v) is 28.1. The Hall–Kier alpha value is -5.42. The maximum Gasteiger partial charge on any atom is 0.253 e. The average molecular weight is 644 g/mol. The number of carbonyl (C=O) groups is 2. The lowest BCUT2D eigenvalue weighted by atomic mass is 10.1. The molecule has 0 aliphatic heterocycles. The van der Waals surface area contributed by atoms with Gasteiger partial charge in [0.05, 0.1) is 44.6 Å². The fraction of sp³-hybridized carbons (Fsp3) is 0.297. The second-order valence-corrected chi connectivity index (χ2v) is 12.4. The molecular weight excluding hydrogens is 602 g/mol. The standard InChI is InChI=1S/C37H41N9O2/c1-44(2)30-18-8-16-28-34(30)42-32-24(12-6-14-26(32)40-28)36(47)38-20-10-22-46(5)23-11-21-39-37(48)25-13-7-15-27-33(25)43-35-29(41-27)17-9-19-31(35)45(3)4/h6-9,12-19H,10-11,20-23H2,1-5H3,(H,38,47)(H,39,48). The van der Waals surface area contributed by atoms with Crippen molar-refractivity contribution in [3.8, 4) is 0 Å². The van der Waals surface area contributed by atoms with Crippen molar-refractivity contribution >= 4 is 67.3 Å². The second-order valence-electron chi connectivity index (χ2n) is 12.4.